The topological polar surface area (TPSA) is 89.5 Å². The number of amides is 1. The van der Waals surface area contributed by atoms with E-state index in [0.717, 1.165) is 12.8 Å². The van der Waals surface area contributed by atoms with Crippen molar-refractivity contribution in [2.45, 2.75) is 49.2 Å². The molecule has 0 radical (unpaired) electrons. The number of nitrogens with one attached hydrogen (secondary N) is 1. The Kier molecular flexibility index (Phi) is 6.69. The molecule has 1 fully saturated rings. The Morgan fingerprint density at radius 2 is 1.76 bits per heavy atom. The molecule has 0 unspecified atom stereocenters. The summed E-state index contributed by atoms with van der Waals surface area (Å²) in [5.41, 5.74) is 1.02. The predicted molar refractivity (Wildman–Crippen MR) is 111 cm³/mol. The molecule has 1 saturated carbocycles. The maximum atomic E-state index is 12.7. The van der Waals surface area contributed by atoms with E-state index in [0.29, 0.717) is 36.3 Å². The SMILES string of the molecule is CCC(=O)c1ccc(OCC(=O)Nc2cccc(S(=O)(=O)C3CCCC3)c2)cc1. The van der Waals surface area contributed by atoms with Crippen molar-refractivity contribution < 1.29 is 22.7 Å². The summed E-state index contributed by atoms with van der Waals surface area (Å²) in [5.74, 6) is 0.126. The van der Waals surface area contributed by atoms with Gasteiger partial charge >= 0.3 is 0 Å². The summed E-state index contributed by atoms with van der Waals surface area (Å²) in [4.78, 5) is 24.0. The molecule has 0 heterocycles. The molecule has 0 bridgehead atoms. The minimum atomic E-state index is -3.38. The highest BCUT2D eigenvalue weighted by molar-refractivity contribution is 7.92. The van der Waals surface area contributed by atoms with Crippen LogP contribution in [0.3, 0.4) is 0 Å². The van der Waals surface area contributed by atoms with Gasteiger partial charge in [0.1, 0.15) is 5.75 Å². The molecule has 1 aliphatic rings. The van der Waals surface area contributed by atoms with Crippen LogP contribution in [0, 0.1) is 0 Å². The molecule has 1 N–H and O–H groups in total. The molecule has 0 spiro atoms. The van der Waals surface area contributed by atoms with Gasteiger partial charge < -0.3 is 10.1 Å². The van der Waals surface area contributed by atoms with Gasteiger partial charge in [-0.1, -0.05) is 25.8 Å². The maximum Gasteiger partial charge on any atom is 0.262 e. The molecule has 3 rings (SSSR count). The van der Waals surface area contributed by atoms with Gasteiger partial charge in [-0.25, -0.2) is 8.42 Å². The van der Waals surface area contributed by atoms with E-state index in [1.54, 1.807) is 49.4 Å². The molecule has 2 aromatic rings. The number of rotatable bonds is 8. The van der Waals surface area contributed by atoms with Crippen LogP contribution in [0.1, 0.15) is 49.4 Å². The van der Waals surface area contributed by atoms with E-state index in [9.17, 15) is 18.0 Å². The van der Waals surface area contributed by atoms with Gasteiger partial charge in [-0.3, -0.25) is 9.59 Å². The number of sulfone groups is 1. The summed E-state index contributed by atoms with van der Waals surface area (Å²) < 4.78 is 30.9. The van der Waals surface area contributed by atoms with Crippen molar-refractivity contribution in [1.29, 1.82) is 0 Å². The van der Waals surface area contributed by atoms with E-state index >= 15 is 0 Å². The number of benzene rings is 2. The van der Waals surface area contributed by atoms with Gasteiger partial charge in [0.15, 0.2) is 22.2 Å². The van der Waals surface area contributed by atoms with Crippen molar-refractivity contribution >= 4 is 27.2 Å². The summed E-state index contributed by atoms with van der Waals surface area (Å²) in [6.45, 7) is 1.58. The van der Waals surface area contributed by atoms with E-state index in [1.807, 2.05) is 0 Å². The lowest BCUT2D eigenvalue weighted by Crippen LogP contribution is -2.21. The minimum Gasteiger partial charge on any atom is -0.484 e. The molecular formula is C22H25NO5S. The van der Waals surface area contributed by atoms with Crippen LogP contribution >= 0.6 is 0 Å². The van der Waals surface area contributed by atoms with Crippen LogP contribution in [0.15, 0.2) is 53.4 Å². The summed E-state index contributed by atoms with van der Waals surface area (Å²) in [5, 5.41) is 2.34. The molecule has 154 valence electrons. The zero-order valence-electron chi connectivity index (χ0n) is 16.4. The highest BCUT2D eigenvalue weighted by atomic mass is 32.2. The van der Waals surface area contributed by atoms with Crippen molar-refractivity contribution in [2.24, 2.45) is 0 Å². The Balaban J connectivity index is 1.59. The normalized spacial score (nSPS) is 14.5. The molecule has 1 aliphatic carbocycles. The van der Waals surface area contributed by atoms with E-state index in [-0.39, 0.29) is 22.5 Å². The van der Waals surface area contributed by atoms with Gasteiger partial charge in [-0.05, 0) is 55.3 Å². The van der Waals surface area contributed by atoms with Crippen LogP contribution in [-0.4, -0.2) is 32.0 Å². The van der Waals surface area contributed by atoms with E-state index in [1.165, 1.54) is 6.07 Å². The lowest BCUT2D eigenvalue weighted by Gasteiger charge is -2.13. The minimum absolute atomic E-state index is 0.0433. The largest absolute Gasteiger partial charge is 0.484 e. The molecule has 1 amide bonds. The predicted octanol–water partition coefficient (Wildman–Crippen LogP) is 4.01. The van der Waals surface area contributed by atoms with Crippen LogP contribution in [0.4, 0.5) is 5.69 Å². The summed E-state index contributed by atoms with van der Waals surface area (Å²) in [7, 11) is -3.38. The first-order valence-corrected chi connectivity index (χ1v) is 11.3. The molecule has 29 heavy (non-hydrogen) atoms. The third-order valence-electron chi connectivity index (χ3n) is 5.05. The van der Waals surface area contributed by atoms with Crippen molar-refractivity contribution in [3.63, 3.8) is 0 Å². The number of hydrogen-bond donors (Lipinski definition) is 1. The molecule has 0 saturated heterocycles. The molecule has 2 aromatic carbocycles. The third-order valence-corrected chi connectivity index (χ3v) is 7.31. The van der Waals surface area contributed by atoms with Crippen LogP contribution < -0.4 is 10.1 Å². The highest BCUT2D eigenvalue weighted by Crippen LogP contribution is 2.30. The first-order valence-electron chi connectivity index (χ1n) is 9.80. The van der Waals surface area contributed by atoms with E-state index in [2.05, 4.69) is 5.32 Å². The second-order valence-corrected chi connectivity index (χ2v) is 9.35. The first-order chi connectivity index (χ1) is 13.9. The average Bonchev–Trinajstić information content (AvgIpc) is 3.28. The molecule has 7 heteroatoms. The smallest absolute Gasteiger partial charge is 0.262 e. The fourth-order valence-electron chi connectivity index (χ4n) is 3.43. The van der Waals surface area contributed by atoms with Crippen LogP contribution in [-0.2, 0) is 14.6 Å². The first kappa shape index (κ1) is 21.0. The van der Waals surface area contributed by atoms with Gasteiger partial charge in [-0.2, -0.15) is 0 Å². The third kappa shape index (κ3) is 5.23. The molecule has 0 aromatic heterocycles. The zero-order chi connectivity index (χ0) is 20.9. The molecule has 0 aliphatic heterocycles. The van der Waals surface area contributed by atoms with Crippen molar-refractivity contribution in [3.8, 4) is 5.75 Å². The Hall–Kier alpha value is -2.67. The molecule has 0 atom stereocenters. The summed E-state index contributed by atoms with van der Waals surface area (Å²) in [6.07, 6.45) is 3.68. The number of carbonyl (C=O) groups is 2. The van der Waals surface area contributed by atoms with Gasteiger partial charge in [0, 0.05) is 17.7 Å². The van der Waals surface area contributed by atoms with E-state index in [4.69, 9.17) is 4.74 Å². The van der Waals surface area contributed by atoms with Crippen LogP contribution in [0.2, 0.25) is 0 Å². The molecular weight excluding hydrogens is 390 g/mol. The lowest BCUT2D eigenvalue weighted by atomic mass is 10.1. The number of ether oxygens (including phenoxy) is 1. The van der Waals surface area contributed by atoms with Gasteiger partial charge in [0.05, 0.1) is 10.1 Å². The van der Waals surface area contributed by atoms with Gasteiger partial charge in [-0.15, -0.1) is 0 Å². The number of carbonyl (C=O) groups excluding carboxylic acids is 2. The Morgan fingerprint density at radius 1 is 1.07 bits per heavy atom. The van der Waals surface area contributed by atoms with Gasteiger partial charge in [0.25, 0.3) is 5.91 Å². The van der Waals surface area contributed by atoms with Crippen LogP contribution in [0.25, 0.3) is 0 Å². The number of ketones is 1. The van der Waals surface area contributed by atoms with Crippen molar-refractivity contribution in [2.75, 3.05) is 11.9 Å². The summed E-state index contributed by atoms with van der Waals surface area (Å²) in [6, 6.07) is 13.0. The Morgan fingerprint density at radius 3 is 2.41 bits per heavy atom. The Bertz CT molecular complexity index is 977. The standard InChI is InChI=1S/C22H25NO5S/c1-2-21(24)16-10-12-18(13-11-16)28-15-22(25)23-17-6-5-9-20(14-17)29(26,27)19-7-3-4-8-19/h5-6,9-14,19H,2-4,7-8,15H2,1H3,(H,23,25). The van der Waals surface area contributed by atoms with Gasteiger partial charge in [0.2, 0.25) is 0 Å². The fourth-order valence-corrected chi connectivity index (χ4v) is 5.33. The van der Waals surface area contributed by atoms with E-state index < -0.39 is 15.7 Å². The number of hydrogen-bond acceptors (Lipinski definition) is 5. The maximum absolute atomic E-state index is 12.7. The average molecular weight is 416 g/mol. The zero-order valence-corrected chi connectivity index (χ0v) is 17.2. The van der Waals surface area contributed by atoms with Crippen molar-refractivity contribution in [1.82, 2.24) is 0 Å². The second kappa shape index (κ2) is 9.22. The Labute approximate surface area is 171 Å². The van der Waals surface area contributed by atoms with Crippen molar-refractivity contribution in [3.05, 3.63) is 54.1 Å². The molecule has 6 nitrogen and oxygen atoms in total. The number of anilines is 1. The number of Topliss-reactive ketones (excluding diaryl/α,β-unsaturated/α-hetero) is 1. The monoisotopic (exact) mass is 415 g/mol. The van der Waals surface area contributed by atoms with Crippen LogP contribution in [0.5, 0.6) is 5.75 Å². The summed E-state index contributed by atoms with van der Waals surface area (Å²) >= 11 is 0. The quantitative estimate of drug-likeness (QED) is 0.658. The second-order valence-electron chi connectivity index (χ2n) is 7.12. The lowest BCUT2D eigenvalue weighted by molar-refractivity contribution is -0.118. The fraction of sp³-hybridized carbons (Fsp3) is 0.364. The highest BCUT2D eigenvalue weighted by Gasteiger charge is 2.30.